The van der Waals surface area contributed by atoms with E-state index in [0.29, 0.717) is 58.7 Å². The van der Waals surface area contributed by atoms with Gasteiger partial charge < -0.3 is 23.1 Å². The number of aromatic nitrogens is 4. The number of nitrogens with zero attached hydrogens (tertiary/aromatic N) is 10. The first-order valence-corrected chi connectivity index (χ1v) is 24.7. The number of anilines is 3. The van der Waals surface area contributed by atoms with E-state index in [1.165, 1.54) is 30.8 Å². The van der Waals surface area contributed by atoms with Crippen LogP contribution in [0.4, 0.5) is 44.0 Å². The third kappa shape index (κ3) is 13.7. The van der Waals surface area contributed by atoms with E-state index in [4.69, 9.17) is 18.5 Å². The van der Waals surface area contributed by atoms with Gasteiger partial charge in [-0.2, -0.15) is 42.1 Å². The highest BCUT2D eigenvalue weighted by Crippen LogP contribution is 2.33. The van der Waals surface area contributed by atoms with Crippen LogP contribution in [0.15, 0.2) is 104 Å². The quantitative estimate of drug-likeness (QED) is 0.0737. The van der Waals surface area contributed by atoms with Gasteiger partial charge in [-0.05, 0) is 94.9 Å². The fraction of sp³-hybridized carbons (Fsp3) is 0.382. The molecule has 9 rings (SSSR count). The van der Waals surface area contributed by atoms with Crippen LogP contribution in [0.2, 0.25) is 0 Å². The Balaban J connectivity index is 0.000000169. The molecule has 3 aromatic carbocycles. The predicted octanol–water partition coefficient (Wildman–Crippen LogP) is 11.3. The van der Waals surface area contributed by atoms with Gasteiger partial charge in [-0.3, -0.25) is 19.1 Å². The molecule has 0 N–H and O–H groups in total. The molecule has 2 atom stereocenters. The normalized spacial score (nSPS) is 15.3. The highest BCUT2D eigenvalue weighted by atomic mass is 19.4. The average molecular weight is 1050 g/mol. The van der Waals surface area contributed by atoms with Crippen molar-refractivity contribution in [3.63, 3.8) is 0 Å². The van der Waals surface area contributed by atoms with E-state index < -0.39 is 30.7 Å². The molecule has 76 heavy (non-hydrogen) atoms. The van der Waals surface area contributed by atoms with Crippen LogP contribution in [0.1, 0.15) is 88.3 Å². The Morgan fingerprint density at radius 3 is 1.66 bits per heavy atom. The molecule has 2 aliphatic rings. The summed E-state index contributed by atoms with van der Waals surface area (Å²) in [6, 6.07) is 32.4. The second-order valence-corrected chi connectivity index (χ2v) is 18.2. The van der Waals surface area contributed by atoms with E-state index >= 15 is 0 Å². The minimum Gasteiger partial charge on any atom is -0.425 e. The lowest BCUT2D eigenvalue weighted by atomic mass is 10.1. The van der Waals surface area contributed by atoms with Crippen LogP contribution in [-0.4, -0.2) is 75.4 Å². The summed E-state index contributed by atoms with van der Waals surface area (Å²) in [6.07, 6.45) is -0.885. The molecule has 2 saturated heterocycles. The summed E-state index contributed by atoms with van der Waals surface area (Å²) < 4.78 is 94.7. The van der Waals surface area contributed by atoms with Gasteiger partial charge in [0.25, 0.3) is 0 Å². The summed E-state index contributed by atoms with van der Waals surface area (Å²) in [4.78, 5) is 40.5. The number of hydrogen-bond acceptors (Lipinski definition) is 13. The van der Waals surface area contributed by atoms with Crippen molar-refractivity contribution in [2.24, 2.45) is 0 Å². The molecule has 0 saturated carbocycles. The molecule has 0 spiro atoms. The van der Waals surface area contributed by atoms with Crippen molar-refractivity contribution in [2.75, 3.05) is 34.3 Å². The number of para-hydroxylation sites is 1. The van der Waals surface area contributed by atoms with Crippen LogP contribution in [0.5, 0.6) is 0 Å². The van der Waals surface area contributed by atoms with Gasteiger partial charge in [0.2, 0.25) is 17.7 Å². The summed E-state index contributed by atoms with van der Waals surface area (Å²) in [5.41, 5.74) is 4.95. The van der Waals surface area contributed by atoms with Crippen molar-refractivity contribution in [1.82, 2.24) is 19.5 Å². The minimum absolute atomic E-state index is 0.0707. The van der Waals surface area contributed by atoms with Crippen LogP contribution >= 0.6 is 0 Å². The molecule has 2 aliphatic heterocycles. The minimum atomic E-state index is -5.09. The maximum atomic E-state index is 13.0. The molecular formula is C55H54F6N10O5. The third-order valence-corrected chi connectivity index (χ3v) is 12.8. The number of amides is 1. The maximum absolute atomic E-state index is 13.0. The SMILES string of the molecule is Cc1nc(CCCc2ccccc2)oc1N(CC#N)C(=O)C(F)(F)F.Cc1nc(CCc2ccccc2)oc1N1CCC[C@H]1C#N.Cc1nc(CCc2cn(C(=O)C(F)(F)F)c3ccccc23)oc1N1CCC[C@H]1C#N. The van der Waals surface area contributed by atoms with Crippen LogP contribution < -0.4 is 14.7 Å². The van der Waals surface area contributed by atoms with Crippen molar-refractivity contribution >= 4 is 40.4 Å². The average Bonchev–Trinajstić information content (AvgIpc) is 4.29. The zero-order chi connectivity index (χ0) is 54.6. The summed E-state index contributed by atoms with van der Waals surface area (Å²) in [7, 11) is 0. The van der Waals surface area contributed by atoms with Crippen LogP contribution in [0, 0.1) is 54.8 Å². The highest BCUT2D eigenvalue weighted by Gasteiger charge is 2.45. The standard InChI is InChI=1S/C21H19F3N4O2.C17H16F3N3O2.C17H19N3O/c1-13-19(27-10-4-5-15(27)11-25)30-18(26-13)9-8-14-12-28(20(29)21(22,23)24)17-7-3-2-6-16(14)17;1-12-15(23(11-10-21)16(24)17(18,19)20)25-14(22-12)9-5-8-13-6-3-2-4-7-13;1-13-17(20-11-5-8-15(20)12-18)21-16(19-13)10-9-14-6-3-2-4-7-14/h2-3,6-7,12,15H,4-5,8-10H2,1H3;2-4,6-7H,5,8-9,11H2,1H3;2-4,6-7,15H,5,8-11H2,1H3/t15-;;15-/m0.0/s1. The molecule has 0 unspecified atom stereocenters. The molecule has 0 bridgehead atoms. The van der Waals surface area contributed by atoms with E-state index in [-0.39, 0.29) is 40.0 Å². The Labute approximate surface area is 434 Å². The number of carbonyl (C=O) groups is 2. The number of benzene rings is 3. The van der Waals surface area contributed by atoms with E-state index in [1.807, 2.05) is 72.2 Å². The number of aryl methyl sites for hydroxylation is 9. The fourth-order valence-electron chi connectivity index (χ4n) is 9.16. The van der Waals surface area contributed by atoms with E-state index in [9.17, 15) is 46.5 Å². The number of fused-ring (bicyclic) bond motifs is 1. The van der Waals surface area contributed by atoms with Crippen molar-refractivity contribution < 1.29 is 49.2 Å². The lowest BCUT2D eigenvalue weighted by Gasteiger charge is -2.18. The second kappa shape index (κ2) is 24.8. The van der Waals surface area contributed by atoms with Crippen LogP contribution in [-0.2, 0) is 43.3 Å². The smallest absolute Gasteiger partial charge is 0.425 e. The number of rotatable bonds is 14. The number of halogens is 6. The molecule has 21 heteroatoms. The highest BCUT2D eigenvalue weighted by molar-refractivity contribution is 5.97. The zero-order valence-electron chi connectivity index (χ0n) is 42.0. The lowest BCUT2D eigenvalue weighted by Crippen LogP contribution is -2.41. The number of hydrogen-bond donors (Lipinski definition) is 0. The molecule has 15 nitrogen and oxygen atoms in total. The van der Waals surface area contributed by atoms with Gasteiger partial charge in [-0.1, -0.05) is 78.9 Å². The van der Waals surface area contributed by atoms with Gasteiger partial charge in [0.1, 0.15) is 35.7 Å². The molecule has 396 valence electrons. The van der Waals surface area contributed by atoms with E-state index in [1.54, 1.807) is 18.2 Å². The maximum Gasteiger partial charge on any atom is 0.472 e. The van der Waals surface area contributed by atoms with Crippen molar-refractivity contribution in [3.05, 3.63) is 143 Å². The van der Waals surface area contributed by atoms with E-state index in [0.717, 1.165) is 81.1 Å². The Kier molecular flexibility index (Phi) is 18.0. The first kappa shape index (κ1) is 55.4. The summed E-state index contributed by atoms with van der Waals surface area (Å²) in [5.74, 6) is -1.61. The molecule has 1 amide bonds. The fourth-order valence-corrected chi connectivity index (χ4v) is 9.16. The number of alkyl halides is 6. The predicted molar refractivity (Wildman–Crippen MR) is 268 cm³/mol. The van der Waals surface area contributed by atoms with Crippen molar-refractivity contribution in [3.8, 4) is 18.2 Å². The Morgan fingerprint density at radius 1 is 0.632 bits per heavy atom. The van der Waals surface area contributed by atoms with Gasteiger partial charge in [-0.25, -0.2) is 15.0 Å². The molecule has 4 aromatic heterocycles. The van der Waals surface area contributed by atoms with Gasteiger partial charge in [0.15, 0.2) is 17.7 Å². The topological polar surface area (TPSA) is 198 Å². The van der Waals surface area contributed by atoms with Crippen LogP contribution in [0.3, 0.4) is 0 Å². The summed E-state index contributed by atoms with van der Waals surface area (Å²) in [6.45, 7) is 6.04. The van der Waals surface area contributed by atoms with Crippen molar-refractivity contribution in [2.45, 2.75) is 116 Å². The zero-order valence-corrected chi connectivity index (χ0v) is 42.0. The van der Waals surface area contributed by atoms with Gasteiger partial charge in [-0.15, -0.1) is 0 Å². The Bertz CT molecular complexity index is 3220. The number of nitriles is 3. The molecule has 6 heterocycles. The first-order valence-electron chi connectivity index (χ1n) is 24.7. The molecule has 7 aromatic rings. The molecule has 0 radical (unpaired) electrons. The molecular weight excluding hydrogens is 995 g/mol. The molecule has 2 fully saturated rings. The second-order valence-electron chi connectivity index (χ2n) is 18.2. The Hall–Kier alpha value is -8.38. The Morgan fingerprint density at radius 2 is 1.13 bits per heavy atom. The van der Waals surface area contributed by atoms with Gasteiger partial charge in [0.05, 0.1) is 23.7 Å². The first-order chi connectivity index (χ1) is 36.4. The van der Waals surface area contributed by atoms with Gasteiger partial charge >= 0.3 is 24.2 Å². The summed E-state index contributed by atoms with van der Waals surface area (Å²) >= 11 is 0. The van der Waals surface area contributed by atoms with Crippen molar-refractivity contribution in [1.29, 1.82) is 15.8 Å². The van der Waals surface area contributed by atoms with Gasteiger partial charge in [0, 0.05) is 43.9 Å². The number of oxazole rings is 3. The number of carbonyl (C=O) groups excluding carboxylic acids is 2. The monoisotopic (exact) mass is 1050 g/mol. The third-order valence-electron chi connectivity index (χ3n) is 12.8. The summed E-state index contributed by atoms with van der Waals surface area (Å²) in [5, 5.41) is 27.8. The lowest BCUT2D eigenvalue weighted by molar-refractivity contribution is -0.170. The molecule has 0 aliphatic carbocycles. The van der Waals surface area contributed by atoms with E-state index in [2.05, 4.69) is 39.2 Å². The van der Waals surface area contributed by atoms with Crippen LogP contribution in [0.25, 0.3) is 10.9 Å². The largest absolute Gasteiger partial charge is 0.472 e.